The summed E-state index contributed by atoms with van der Waals surface area (Å²) in [6.07, 6.45) is 3.59. The molecule has 3 nitrogen and oxygen atoms in total. The van der Waals surface area contributed by atoms with Gasteiger partial charge in [0.1, 0.15) is 5.82 Å². The molecule has 1 amide bonds. The van der Waals surface area contributed by atoms with Gasteiger partial charge in [0.05, 0.1) is 6.10 Å². The van der Waals surface area contributed by atoms with Crippen LogP contribution in [0.15, 0.2) is 60.7 Å². The van der Waals surface area contributed by atoms with E-state index in [2.05, 4.69) is 5.32 Å². The third kappa shape index (κ3) is 6.45. The summed E-state index contributed by atoms with van der Waals surface area (Å²) < 4.78 is 12.8. The van der Waals surface area contributed by atoms with Crippen molar-refractivity contribution in [3.05, 3.63) is 77.6 Å². The summed E-state index contributed by atoms with van der Waals surface area (Å²) in [6.45, 7) is 0.220. The number of aliphatic hydroxyl groups is 1. The molecule has 0 heterocycles. The maximum atomic E-state index is 12.8. The van der Waals surface area contributed by atoms with Gasteiger partial charge < -0.3 is 10.4 Å². The molecule has 1 atom stereocenters. The van der Waals surface area contributed by atoms with Crippen LogP contribution in [0.3, 0.4) is 0 Å². The van der Waals surface area contributed by atoms with Gasteiger partial charge in [0.2, 0.25) is 5.91 Å². The van der Waals surface area contributed by atoms with Crippen molar-refractivity contribution >= 4 is 12.0 Å². The van der Waals surface area contributed by atoms with Crippen LogP contribution in [0.1, 0.15) is 17.5 Å². The van der Waals surface area contributed by atoms with Gasteiger partial charge in [-0.25, -0.2) is 4.39 Å². The van der Waals surface area contributed by atoms with Crippen molar-refractivity contribution in [3.8, 4) is 0 Å². The topological polar surface area (TPSA) is 49.3 Å². The zero-order valence-corrected chi connectivity index (χ0v) is 12.8. The first-order valence-corrected chi connectivity index (χ1v) is 7.54. The van der Waals surface area contributed by atoms with Crippen molar-refractivity contribution in [1.29, 1.82) is 0 Å². The van der Waals surface area contributed by atoms with E-state index in [-0.39, 0.29) is 24.7 Å². The predicted molar refractivity (Wildman–Crippen MR) is 89.2 cm³/mol. The van der Waals surface area contributed by atoms with E-state index in [1.807, 2.05) is 30.3 Å². The second-order valence-electron chi connectivity index (χ2n) is 5.31. The van der Waals surface area contributed by atoms with E-state index < -0.39 is 6.10 Å². The van der Waals surface area contributed by atoms with E-state index in [0.717, 1.165) is 11.1 Å². The van der Waals surface area contributed by atoms with Crippen molar-refractivity contribution < 1.29 is 14.3 Å². The van der Waals surface area contributed by atoms with Gasteiger partial charge in [0, 0.05) is 19.4 Å². The first-order valence-electron chi connectivity index (χ1n) is 7.54. The molecule has 0 saturated heterocycles. The first kappa shape index (κ1) is 16.9. The number of hydrogen-bond donors (Lipinski definition) is 2. The lowest BCUT2D eigenvalue weighted by Gasteiger charge is -2.11. The molecule has 0 spiro atoms. The third-order valence-corrected chi connectivity index (χ3v) is 3.33. The van der Waals surface area contributed by atoms with Crippen LogP contribution in [-0.2, 0) is 11.2 Å². The van der Waals surface area contributed by atoms with Crippen molar-refractivity contribution in [2.24, 2.45) is 0 Å². The minimum absolute atomic E-state index is 0.157. The van der Waals surface area contributed by atoms with Crippen LogP contribution in [0, 0.1) is 5.82 Å². The molecule has 1 unspecified atom stereocenters. The molecule has 0 fully saturated rings. The summed E-state index contributed by atoms with van der Waals surface area (Å²) in [5, 5.41) is 12.6. The highest BCUT2D eigenvalue weighted by molar-refractivity contribution is 5.78. The highest BCUT2D eigenvalue weighted by Gasteiger charge is 2.07. The van der Waals surface area contributed by atoms with Gasteiger partial charge in [0.25, 0.3) is 0 Å². The smallest absolute Gasteiger partial charge is 0.223 e. The quantitative estimate of drug-likeness (QED) is 0.825. The van der Waals surface area contributed by atoms with Crippen LogP contribution < -0.4 is 5.32 Å². The molecule has 0 radical (unpaired) electrons. The Kier molecular flexibility index (Phi) is 6.51. The highest BCUT2D eigenvalue weighted by atomic mass is 19.1. The Balaban J connectivity index is 1.69. The summed E-state index contributed by atoms with van der Waals surface area (Å²) >= 11 is 0. The summed E-state index contributed by atoms with van der Waals surface area (Å²) in [6, 6.07) is 15.7. The molecule has 2 N–H and O–H groups in total. The van der Waals surface area contributed by atoms with Crippen LogP contribution >= 0.6 is 0 Å². The molecule has 2 aromatic rings. The zero-order valence-electron chi connectivity index (χ0n) is 12.8. The number of carbonyl (C=O) groups excluding carboxylic acids is 1. The summed E-state index contributed by atoms with van der Waals surface area (Å²) in [4.78, 5) is 11.7. The maximum absolute atomic E-state index is 12.8. The van der Waals surface area contributed by atoms with E-state index in [0.29, 0.717) is 6.42 Å². The Morgan fingerprint density at radius 2 is 1.83 bits per heavy atom. The molecule has 23 heavy (non-hydrogen) atoms. The fourth-order valence-corrected chi connectivity index (χ4v) is 2.14. The maximum Gasteiger partial charge on any atom is 0.223 e. The average molecular weight is 313 g/mol. The van der Waals surface area contributed by atoms with Crippen LogP contribution in [0.25, 0.3) is 6.08 Å². The fraction of sp³-hybridized carbons (Fsp3) is 0.211. The molecule has 0 aliphatic heterocycles. The van der Waals surface area contributed by atoms with Crippen LogP contribution in [0.5, 0.6) is 0 Å². The van der Waals surface area contributed by atoms with Crippen LogP contribution in [-0.4, -0.2) is 23.7 Å². The number of halogens is 1. The van der Waals surface area contributed by atoms with Gasteiger partial charge in [0.15, 0.2) is 0 Å². The lowest BCUT2D eigenvalue weighted by molar-refractivity contribution is -0.120. The Hall–Kier alpha value is -2.46. The Bertz CT molecular complexity index is 638. The molecule has 0 aliphatic carbocycles. The monoisotopic (exact) mass is 313 g/mol. The van der Waals surface area contributed by atoms with Gasteiger partial charge in [-0.05, 0) is 23.3 Å². The molecule has 0 bridgehead atoms. The van der Waals surface area contributed by atoms with Gasteiger partial charge in [-0.15, -0.1) is 0 Å². The number of rotatable bonds is 7. The normalized spacial score (nSPS) is 12.3. The van der Waals surface area contributed by atoms with E-state index in [1.54, 1.807) is 24.3 Å². The minimum Gasteiger partial charge on any atom is -0.391 e. The lowest BCUT2D eigenvalue weighted by Crippen LogP contribution is -2.32. The van der Waals surface area contributed by atoms with E-state index >= 15 is 0 Å². The van der Waals surface area contributed by atoms with E-state index in [1.165, 1.54) is 12.1 Å². The SMILES string of the molecule is O=C(C/C=C/c1ccc(F)cc1)NCC(O)Cc1ccccc1. The number of hydrogen-bond acceptors (Lipinski definition) is 2. The number of carbonyl (C=O) groups is 1. The Labute approximate surface area is 135 Å². The molecule has 120 valence electrons. The minimum atomic E-state index is -0.609. The molecular weight excluding hydrogens is 293 g/mol. The number of benzene rings is 2. The van der Waals surface area contributed by atoms with Crippen LogP contribution in [0.2, 0.25) is 0 Å². The molecule has 4 heteroatoms. The average Bonchev–Trinajstić information content (AvgIpc) is 2.56. The highest BCUT2D eigenvalue weighted by Crippen LogP contribution is 2.05. The fourth-order valence-electron chi connectivity index (χ4n) is 2.14. The summed E-state index contributed by atoms with van der Waals surface area (Å²) in [5.41, 5.74) is 1.87. The van der Waals surface area contributed by atoms with Gasteiger partial charge >= 0.3 is 0 Å². The first-order chi connectivity index (χ1) is 11.1. The number of nitrogens with one attached hydrogen (secondary N) is 1. The van der Waals surface area contributed by atoms with Gasteiger partial charge in [-0.2, -0.15) is 0 Å². The molecule has 2 aromatic carbocycles. The standard InChI is InChI=1S/C19H20FNO2/c20-17-11-9-15(10-12-17)7-4-8-19(23)21-14-18(22)13-16-5-2-1-3-6-16/h1-7,9-12,18,22H,8,13-14H2,(H,21,23)/b7-4+. The predicted octanol–water partition coefficient (Wildman–Crippen LogP) is 2.95. The van der Waals surface area contributed by atoms with Gasteiger partial charge in [-0.3, -0.25) is 4.79 Å². The van der Waals surface area contributed by atoms with Crippen LogP contribution in [0.4, 0.5) is 4.39 Å². The van der Waals surface area contributed by atoms with Crippen molar-refractivity contribution in [2.75, 3.05) is 6.54 Å². The van der Waals surface area contributed by atoms with Crippen molar-refractivity contribution in [3.63, 3.8) is 0 Å². The molecular formula is C19H20FNO2. The van der Waals surface area contributed by atoms with Crippen molar-refractivity contribution in [2.45, 2.75) is 18.9 Å². The Morgan fingerprint density at radius 1 is 1.13 bits per heavy atom. The second-order valence-corrected chi connectivity index (χ2v) is 5.31. The number of amides is 1. The van der Waals surface area contributed by atoms with Crippen molar-refractivity contribution in [1.82, 2.24) is 5.32 Å². The molecule has 0 aromatic heterocycles. The Morgan fingerprint density at radius 3 is 2.52 bits per heavy atom. The largest absolute Gasteiger partial charge is 0.391 e. The molecule has 0 saturated carbocycles. The molecule has 2 rings (SSSR count). The third-order valence-electron chi connectivity index (χ3n) is 3.33. The van der Waals surface area contributed by atoms with Gasteiger partial charge in [-0.1, -0.05) is 54.6 Å². The van der Waals surface area contributed by atoms with E-state index in [4.69, 9.17) is 0 Å². The number of aliphatic hydroxyl groups excluding tert-OH is 1. The lowest BCUT2D eigenvalue weighted by atomic mass is 10.1. The zero-order chi connectivity index (χ0) is 16.5. The summed E-state index contributed by atoms with van der Waals surface area (Å²) in [5.74, 6) is -0.442. The second kappa shape index (κ2) is 8.86. The summed E-state index contributed by atoms with van der Waals surface area (Å²) in [7, 11) is 0. The van der Waals surface area contributed by atoms with E-state index in [9.17, 15) is 14.3 Å². The molecule has 0 aliphatic rings.